The zero-order valence-electron chi connectivity index (χ0n) is 18.5. The number of carboxylic acids is 1. The predicted octanol–water partition coefficient (Wildman–Crippen LogP) is 6.38. The molecule has 33 heavy (non-hydrogen) atoms. The number of hydrogen-bond acceptors (Lipinski definition) is 3. The Bertz CT molecular complexity index is 1170. The highest BCUT2D eigenvalue weighted by molar-refractivity contribution is 5.83. The lowest BCUT2D eigenvalue weighted by Crippen LogP contribution is -2.17. The molecule has 0 amide bonds. The normalized spacial score (nSPS) is 16.1. The van der Waals surface area contributed by atoms with Crippen molar-refractivity contribution in [3.05, 3.63) is 59.3 Å². The molecule has 1 aromatic heterocycles. The molecule has 2 aromatic carbocycles. The molecule has 0 saturated heterocycles. The van der Waals surface area contributed by atoms with Gasteiger partial charge in [0.2, 0.25) is 0 Å². The fourth-order valence-electron chi connectivity index (χ4n) is 4.42. The second-order valence-corrected chi connectivity index (χ2v) is 8.66. The maximum Gasteiger partial charge on any atom is 0.419 e. The highest BCUT2D eigenvalue weighted by Gasteiger charge is 2.35. The molecule has 3 aromatic rings. The van der Waals surface area contributed by atoms with Gasteiger partial charge in [-0.15, -0.1) is 0 Å². The van der Waals surface area contributed by atoms with Gasteiger partial charge in [0.1, 0.15) is 18.1 Å². The van der Waals surface area contributed by atoms with Gasteiger partial charge in [-0.3, -0.25) is 4.79 Å². The molecule has 4 rings (SSSR count). The van der Waals surface area contributed by atoms with Crippen LogP contribution in [0.25, 0.3) is 10.9 Å². The molecule has 5 nitrogen and oxygen atoms in total. The first-order valence-corrected chi connectivity index (χ1v) is 11.0. The van der Waals surface area contributed by atoms with E-state index in [0.717, 1.165) is 42.0 Å². The lowest BCUT2D eigenvalue weighted by atomic mass is 9.93. The molecule has 0 fully saturated rings. The fraction of sp³-hybridized carbons (Fsp3) is 0.400. The number of benzene rings is 2. The van der Waals surface area contributed by atoms with E-state index < -0.39 is 17.7 Å². The summed E-state index contributed by atoms with van der Waals surface area (Å²) >= 11 is 0. The number of aromatic nitrogens is 1. The van der Waals surface area contributed by atoms with Crippen molar-refractivity contribution in [1.29, 1.82) is 0 Å². The van der Waals surface area contributed by atoms with Crippen molar-refractivity contribution in [3.63, 3.8) is 0 Å². The number of carboxylic acid groups (broad SMARTS) is 1. The Morgan fingerprint density at radius 2 is 1.97 bits per heavy atom. The third-order valence-electron chi connectivity index (χ3n) is 5.80. The summed E-state index contributed by atoms with van der Waals surface area (Å²) in [5.41, 5.74) is 1.57. The number of halogens is 3. The number of hydrogen-bond donors (Lipinski definition) is 1. The van der Waals surface area contributed by atoms with Crippen LogP contribution in [0.4, 0.5) is 13.2 Å². The van der Waals surface area contributed by atoms with Crippen molar-refractivity contribution >= 4 is 16.9 Å². The smallest absolute Gasteiger partial charge is 0.419 e. The molecule has 0 spiro atoms. The average Bonchev–Trinajstić information content (AvgIpc) is 3.10. The number of ether oxygens (including phenoxy) is 2. The number of aryl methyl sites for hydroxylation is 1. The quantitative estimate of drug-likeness (QED) is 0.444. The van der Waals surface area contributed by atoms with Crippen LogP contribution in [-0.2, 0) is 24.1 Å². The van der Waals surface area contributed by atoms with E-state index in [1.165, 1.54) is 6.07 Å². The summed E-state index contributed by atoms with van der Waals surface area (Å²) in [4.78, 5) is 11.2. The molecule has 1 N–H and O–H groups in total. The molecule has 0 radical (unpaired) electrons. The molecule has 8 heteroatoms. The van der Waals surface area contributed by atoms with Gasteiger partial charge in [0.05, 0.1) is 18.1 Å². The molecule has 2 heterocycles. The van der Waals surface area contributed by atoms with Crippen molar-refractivity contribution < 1.29 is 32.5 Å². The molecular weight excluding hydrogens is 435 g/mol. The summed E-state index contributed by atoms with van der Waals surface area (Å²) in [6.45, 7) is 4.17. The lowest BCUT2D eigenvalue weighted by Gasteiger charge is -2.24. The van der Waals surface area contributed by atoms with Crippen LogP contribution in [0.1, 0.15) is 55.8 Å². The van der Waals surface area contributed by atoms with E-state index in [-0.39, 0.29) is 30.8 Å². The summed E-state index contributed by atoms with van der Waals surface area (Å²) in [5.74, 6) is -0.500. The number of carbonyl (C=O) groups is 1. The first-order valence-electron chi connectivity index (χ1n) is 11.0. The standard InChI is InChI=1S/C25H26F3NO4/c1-15(2)33-23-8-5-16(10-20(23)25(26,27)28)14-32-19-6-7-21-18(11-19)12-22-17(13-24(30)31)4-3-9-29(21)22/h5-8,10-12,15,17H,3-4,9,13-14H2,1-2H3,(H,30,31)/t17-/m0/s1. The molecule has 0 bridgehead atoms. The van der Waals surface area contributed by atoms with Crippen LogP contribution in [0.3, 0.4) is 0 Å². The monoisotopic (exact) mass is 461 g/mol. The van der Waals surface area contributed by atoms with Gasteiger partial charge in [-0.1, -0.05) is 6.07 Å². The van der Waals surface area contributed by atoms with Gasteiger partial charge in [0.15, 0.2) is 0 Å². The second-order valence-electron chi connectivity index (χ2n) is 8.66. The molecule has 0 aliphatic carbocycles. The molecule has 0 unspecified atom stereocenters. The van der Waals surface area contributed by atoms with Crippen molar-refractivity contribution in [2.24, 2.45) is 0 Å². The molecule has 176 valence electrons. The molecule has 1 aliphatic heterocycles. The first kappa shape index (κ1) is 23.0. The van der Waals surface area contributed by atoms with E-state index in [9.17, 15) is 23.1 Å². The minimum Gasteiger partial charge on any atom is -0.490 e. The third-order valence-corrected chi connectivity index (χ3v) is 5.80. The van der Waals surface area contributed by atoms with Crippen molar-refractivity contribution in [1.82, 2.24) is 4.57 Å². The summed E-state index contributed by atoms with van der Waals surface area (Å²) in [6.07, 6.45) is -3.05. The molecule has 1 atom stereocenters. The summed E-state index contributed by atoms with van der Waals surface area (Å²) in [7, 11) is 0. The number of fused-ring (bicyclic) bond motifs is 3. The SMILES string of the molecule is CC(C)Oc1ccc(COc2ccc3c(c2)cc2n3CCC[C@H]2CC(=O)O)cc1C(F)(F)F. The zero-order valence-corrected chi connectivity index (χ0v) is 18.5. The van der Waals surface area contributed by atoms with E-state index in [1.807, 2.05) is 18.2 Å². The predicted molar refractivity (Wildman–Crippen MR) is 118 cm³/mol. The molecule has 1 aliphatic rings. The molecular formula is C25H26F3NO4. The fourth-order valence-corrected chi connectivity index (χ4v) is 4.42. The van der Waals surface area contributed by atoms with Gasteiger partial charge >= 0.3 is 12.1 Å². The van der Waals surface area contributed by atoms with Crippen LogP contribution in [-0.4, -0.2) is 21.7 Å². The highest BCUT2D eigenvalue weighted by Crippen LogP contribution is 2.38. The van der Waals surface area contributed by atoms with Gasteiger partial charge in [-0.05, 0) is 68.7 Å². The topological polar surface area (TPSA) is 60.7 Å². The largest absolute Gasteiger partial charge is 0.490 e. The van der Waals surface area contributed by atoms with Gasteiger partial charge in [0, 0.05) is 29.1 Å². The number of nitrogens with zero attached hydrogens (tertiary/aromatic N) is 1. The lowest BCUT2D eigenvalue weighted by molar-refractivity contribution is -0.139. The Balaban J connectivity index is 1.55. The van der Waals surface area contributed by atoms with Gasteiger partial charge in [0.25, 0.3) is 0 Å². The summed E-state index contributed by atoms with van der Waals surface area (Å²) < 4.78 is 53.7. The Labute approximate surface area is 189 Å². The van der Waals surface area contributed by atoms with E-state index in [1.54, 1.807) is 26.0 Å². The third kappa shape index (κ3) is 5.10. The summed E-state index contributed by atoms with van der Waals surface area (Å²) in [5, 5.41) is 10.1. The van der Waals surface area contributed by atoms with Crippen LogP contribution in [0.5, 0.6) is 11.5 Å². The van der Waals surface area contributed by atoms with Crippen LogP contribution < -0.4 is 9.47 Å². The van der Waals surface area contributed by atoms with Crippen molar-refractivity contribution in [2.45, 2.75) is 64.5 Å². The van der Waals surface area contributed by atoms with Crippen LogP contribution in [0.2, 0.25) is 0 Å². The van der Waals surface area contributed by atoms with Crippen LogP contribution in [0, 0.1) is 0 Å². The van der Waals surface area contributed by atoms with Gasteiger partial charge in [-0.25, -0.2) is 0 Å². The molecule has 0 saturated carbocycles. The van der Waals surface area contributed by atoms with Crippen molar-refractivity contribution in [3.8, 4) is 11.5 Å². The van der Waals surface area contributed by atoms with Gasteiger partial charge < -0.3 is 19.1 Å². The van der Waals surface area contributed by atoms with Gasteiger partial charge in [-0.2, -0.15) is 13.2 Å². The van der Waals surface area contributed by atoms with Crippen LogP contribution >= 0.6 is 0 Å². The van der Waals surface area contributed by atoms with E-state index >= 15 is 0 Å². The van der Waals surface area contributed by atoms with Crippen LogP contribution in [0.15, 0.2) is 42.5 Å². The Morgan fingerprint density at radius 1 is 1.18 bits per heavy atom. The second kappa shape index (κ2) is 9.00. The number of rotatable bonds is 7. The van der Waals surface area contributed by atoms with E-state index in [4.69, 9.17) is 9.47 Å². The average molecular weight is 461 g/mol. The highest BCUT2D eigenvalue weighted by atomic mass is 19.4. The maximum atomic E-state index is 13.5. The van der Waals surface area contributed by atoms with E-state index in [2.05, 4.69) is 4.57 Å². The van der Waals surface area contributed by atoms with E-state index in [0.29, 0.717) is 11.3 Å². The Morgan fingerprint density at radius 3 is 2.67 bits per heavy atom. The first-order chi connectivity index (χ1) is 15.6. The Hall–Kier alpha value is -3.16. The minimum atomic E-state index is -4.53. The zero-order chi connectivity index (χ0) is 23.8. The maximum absolute atomic E-state index is 13.5. The summed E-state index contributed by atoms with van der Waals surface area (Å²) in [6, 6.07) is 11.5. The number of alkyl halides is 3. The Kier molecular flexibility index (Phi) is 6.28. The van der Waals surface area contributed by atoms with Crippen molar-refractivity contribution in [2.75, 3.05) is 0 Å². The number of aliphatic carboxylic acids is 1. The minimum absolute atomic E-state index is 0.0221.